The van der Waals surface area contributed by atoms with Crippen molar-refractivity contribution in [2.45, 2.75) is 18.4 Å². The molecule has 1 spiro atoms. The molecule has 4 nitrogen and oxygen atoms in total. The van der Waals surface area contributed by atoms with Gasteiger partial charge in [0.15, 0.2) is 5.11 Å². The van der Waals surface area contributed by atoms with Gasteiger partial charge in [0.25, 0.3) is 5.91 Å². The Morgan fingerprint density at radius 3 is 2.46 bits per heavy atom. The molecule has 1 fully saturated rings. The number of benzene rings is 2. The molecule has 2 aromatic carbocycles. The summed E-state index contributed by atoms with van der Waals surface area (Å²) in [4.78, 5) is 16.7. The predicted molar refractivity (Wildman–Crippen MR) is 109 cm³/mol. The lowest BCUT2D eigenvalue weighted by molar-refractivity contribution is 0.0477. The van der Waals surface area contributed by atoms with E-state index in [9.17, 15) is 4.79 Å². The first-order valence-corrected chi connectivity index (χ1v) is 9.49. The van der Waals surface area contributed by atoms with Crippen molar-refractivity contribution in [2.75, 3.05) is 25.5 Å². The van der Waals surface area contributed by atoms with Crippen molar-refractivity contribution in [3.63, 3.8) is 0 Å². The van der Waals surface area contributed by atoms with Gasteiger partial charge in [-0.1, -0.05) is 29.8 Å². The van der Waals surface area contributed by atoms with E-state index in [1.807, 2.05) is 54.4 Å². The van der Waals surface area contributed by atoms with E-state index in [2.05, 4.69) is 16.3 Å². The lowest BCUT2D eigenvalue weighted by atomic mass is 9.81. The number of piperidine rings is 1. The molecular weight excluding hydrogens is 366 g/mol. The molecule has 2 heterocycles. The Morgan fingerprint density at radius 2 is 1.77 bits per heavy atom. The van der Waals surface area contributed by atoms with Gasteiger partial charge in [-0.15, -0.1) is 0 Å². The quantitative estimate of drug-likeness (QED) is 0.749. The lowest BCUT2D eigenvalue weighted by Crippen LogP contribution is -2.52. The van der Waals surface area contributed by atoms with Crippen LogP contribution in [-0.2, 0) is 5.54 Å². The average molecular weight is 386 g/mol. The van der Waals surface area contributed by atoms with Crippen molar-refractivity contribution >= 4 is 40.5 Å². The molecule has 1 N–H and O–H groups in total. The van der Waals surface area contributed by atoms with Crippen LogP contribution in [-0.4, -0.2) is 41.0 Å². The fourth-order valence-electron chi connectivity index (χ4n) is 4.05. The maximum Gasteiger partial charge on any atom is 0.254 e. The summed E-state index contributed by atoms with van der Waals surface area (Å²) >= 11 is 11.5. The molecular formula is C20H20ClN3OS. The molecule has 0 unspecified atom stereocenters. The van der Waals surface area contributed by atoms with Gasteiger partial charge in [0.1, 0.15) is 0 Å². The number of carbonyl (C=O) groups is 1. The number of rotatable bonds is 1. The Labute approximate surface area is 163 Å². The van der Waals surface area contributed by atoms with Crippen molar-refractivity contribution in [3.05, 3.63) is 64.7 Å². The Kier molecular flexibility index (Phi) is 4.37. The van der Waals surface area contributed by atoms with Gasteiger partial charge >= 0.3 is 0 Å². The molecule has 1 saturated heterocycles. The minimum absolute atomic E-state index is 0.121. The number of hydrogen-bond acceptors (Lipinski definition) is 2. The highest BCUT2D eigenvalue weighted by Crippen LogP contribution is 2.45. The average Bonchev–Trinajstić information content (AvgIpc) is 2.87. The first-order chi connectivity index (χ1) is 12.5. The van der Waals surface area contributed by atoms with Gasteiger partial charge in [-0.2, -0.15) is 0 Å². The summed E-state index contributed by atoms with van der Waals surface area (Å²) in [6.07, 6.45) is 1.74. The summed E-state index contributed by atoms with van der Waals surface area (Å²) in [6, 6.07) is 15.5. The standard InChI is InChI=1S/C20H20ClN3OS/c1-23-18(25)16-4-2-3-5-17(16)20(23)10-12-24(13-11-20)19(26)22-15-8-6-14(21)7-9-15/h2-9H,10-13H2,1H3,(H,22,26). The molecule has 0 radical (unpaired) electrons. The number of nitrogens with zero attached hydrogens (tertiary/aromatic N) is 2. The zero-order chi connectivity index (χ0) is 18.3. The van der Waals surface area contributed by atoms with Crippen LogP contribution in [0.5, 0.6) is 0 Å². The van der Waals surface area contributed by atoms with E-state index in [0.717, 1.165) is 42.7 Å². The number of anilines is 1. The number of carbonyl (C=O) groups excluding carboxylic acids is 1. The van der Waals surface area contributed by atoms with Gasteiger partial charge in [0.05, 0.1) is 5.54 Å². The third-order valence-electron chi connectivity index (χ3n) is 5.58. The number of amides is 1. The van der Waals surface area contributed by atoms with Gasteiger partial charge in [0, 0.05) is 36.4 Å². The maximum atomic E-state index is 12.6. The van der Waals surface area contributed by atoms with E-state index in [1.165, 1.54) is 0 Å². The van der Waals surface area contributed by atoms with Crippen LogP contribution in [0.1, 0.15) is 28.8 Å². The van der Waals surface area contributed by atoms with Crippen molar-refractivity contribution in [3.8, 4) is 0 Å². The molecule has 0 saturated carbocycles. The molecule has 4 rings (SSSR count). The molecule has 0 aliphatic carbocycles. The third kappa shape index (κ3) is 2.75. The van der Waals surface area contributed by atoms with Crippen LogP contribution in [0.3, 0.4) is 0 Å². The van der Waals surface area contributed by atoms with Crippen LogP contribution < -0.4 is 5.32 Å². The SMILES string of the molecule is CN1C(=O)c2ccccc2C12CCN(C(=S)Nc1ccc(Cl)cc1)CC2. The topological polar surface area (TPSA) is 35.6 Å². The summed E-state index contributed by atoms with van der Waals surface area (Å²) in [7, 11) is 1.92. The van der Waals surface area contributed by atoms with Gasteiger partial charge in [-0.25, -0.2) is 0 Å². The van der Waals surface area contributed by atoms with E-state index in [0.29, 0.717) is 10.1 Å². The Hall–Kier alpha value is -2.11. The summed E-state index contributed by atoms with van der Waals surface area (Å²) in [5.74, 6) is 0.121. The van der Waals surface area contributed by atoms with E-state index < -0.39 is 0 Å². The highest BCUT2D eigenvalue weighted by atomic mass is 35.5. The van der Waals surface area contributed by atoms with Crippen LogP contribution in [0.4, 0.5) is 5.69 Å². The molecule has 0 atom stereocenters. The van der Waals surface area contributed by atoms with Crippen LogP contribution in [0.25, 0.3) is 0 Å². The monoisotopic (exact) mass is 385 g/mol. The highest BCUT2D eigenvalue weighted by Gasteiger charge is 2.49. The van der Waals surface area contributed by atoms with Gasteiger partial charge in [-0.3, -0.25) is 4.79 Å². The molecule has 0 bridgehead atoms. The molecule has 6 heteroatoms. The molecule has 2 aromatic rings. The number of likely N-dealkylation sites (tertiary alicyclic amines) is 1. The number of fused-ring (bicyclic) bond motifs is 2. The molecule has 0 aromatic heterocycles. The van der Waals surface area contributed by atoms with Crippen LogP contribution in [0.2, 0.25) is 5.02 Å². The summed E-state index contributed by atoms with van der Waals surface area (Å²) in [5, 5.41) is 4.69. The maximum absolute atomic E-state index is 12.6. The summed E-state index contributed by atoms with van der Waals surface area (Å²) < 4.78 is 0. The summed E-state index contributed by atoms with van der Waals surface area (Å²) in [6.45, 7) is 1.62. The van der Waals surface area contributed by atoms with Crippen LogP contribution in [0, 0.1) is 0 Å². The zero-order valence-electron chi connectivity index (χ0n) is 14.5. The highest BCUT2D eigenvalue weighted by molar-refractivity contribution is 7.80. The third-order valence-corrected chi connectivity index (χ3v) is 6.19. The minimum atomic E-state index is -0.208. The smallest absolute Gasteiger partial charge is 0.254 e. The predicted octanol–water partition coefficient (Wildman–Crippen LogP) is 4.11. The van der Waals surface area contributed by atoms with Crippen LogP contribution in [0.15, 0.2) is 48.5 Å². The van der Waals surface area contributed by atoms with Gasteiger partial charge in [0.2, 0.25) is 0 Å². The molecule has 2 aliphatic rings. The van der Waals surface area contributed by atoms with Crippen molar-refractivity contribution in [1.29, 1.82) is 0 Å². The Balaban J connectivity index is 1.48. The fourth-order valence-corrected chi connectivity index (χ4v) is 4.48. The fraction of sp³-hybridized carbons (Fsp3) is 0.300. The first kappa shape index (κ1) is 17.3. The normalized spacial score (nSPS) is 18.2. The second kappa shape index (κ2) is 6.56. The van der Waals surface area contributed by atoms with E-state index in [-0.39, 0.29) is 11.4 Å². The van der Waals surface area contributed by atoms with Crippen molar-refractivity contribution < 1.29 is 4.79 Å². The zero-order valence-corrected chi connectivity index (χ0v) is 16.1. The van der Waals surface area contributed by atoms with E-state index in [4.69, 9.17) is 23.8 Å². The molecule has 1 amide bonds. The number of halogens is 1. The molecule has 2 aliphatic heterocycles. The second-order valence-electron chi connectivity index (χ2n) is 6.87. The van der Waals surface area contributed by atoms with Crippen molar-refractivity contribution in [2.24, 2.45) is 0 Å². The number of thiocarbonyl (C=S) groups is 1. The molecule has 134 valence electrons. The number of hydrogen-bond donors (Lipinski definition) is 1. The van der Waals surface area contributed by atoms with Crippen LogP contribution >= 0.6 is 23.8 Å². The number of nitrogens with one attached hydrogen (secondary N) is 1. The van der Waals surface area contributed by atoms with E-state index >= 15 is 0 Å². The van der Waals surface area contributed by atoms with E-state index in [1.54, 1.807) is 0 Å². The minimum Gasteiger partial charge on any atom is -0.349 e. The Morgan fingerprint density at radius 1 is 1.12 bits per heavy atom. The molecule has 26 heavy (non-hydrogen) atoms. The second-order valence-corrected chi connectivity index (χ2v) is 7.69. The summed E-state index contributed by atoms with van der Waals surface area (Å²) in [5.41, 5.74) is 2.72. The van der Waals surface area contributed by atoms with Gasteiger partial charge in [-0.05, 0) is 61.0 Å². The first-order valence-electron chi connectivity index (χ1n) is 8.70. The Bertz CT molecular complexity index is 860. The largest absolute Gasteiger partial charge is 0.349 e. The van der Waals surface area contributed by atoms with Crippen molar-refractivity contribution in [1.82, 2.24) is 9.80 Å². The van der Waals surface area contributed by atoms with Gasteiger partial charge < -0.3 is 15.1 Å². The lowest BCUT2D eigenvalue weighted by Gasteiger charge is -2.44.